The summed E-state index contributed by atoms with van der Waals surface area (Å²) >= 11 is 0. The van der Waals surface area contributed by atoms with Gasteiger partial charge < -0.3 is 14.4 Å². The number of amides is 1. The van der Waals surface area contributed by atoms with Gasteiger partial charge in [0, 0.05) is 13.1 Å². The highest BCUT2D eigenvalue weighted by atomic mass is 16.5. The molecule has 126 valence electrons. The van der Waals surface area contributed by atoms with Crippen LogP contribution in [0.1, 0.15) is 19.8 Å². The fourth-order valence-corrected chi connectivity index (χ4v) is 2.88. The summed E-state index contributed by atoms with van der Waals surface area (Å²) in [6, 6.07) is 17.0. The van der Waals surface area contributed by atoms with E-state index in [1.807, 2.05) is 59.5 Å². The van der Waals surface area contributed by atoms with Gasteiger partial charge in [0.15, 0.2) is 6.61 Å². The first-order valence-corrected chi connectivity index (χ1v) is 8.44. The van der Waals surface area contributed by atoms with Crippen molar-refractivity contribution in [3.63, 3.8) is 0 Å². The molecule has 3 rings (SSSR count). The number of carbonyl (C=O) groups is 1. The molecular formula is C20H23NO3. The van der Waals surface area contributed by atoms with Gasteiger partial charge in [0.2, 0.25) is 0 Å². The molecule has 1 heterocycles. The molecule has 0 aliphatic carbocycles. The number of rotatable bonds is 5. The molecule has 0 N–H and O–H groups in total. The first-order chi connectivity index (χ1) is 11.7. The Bertz CT molecular complexity index is 654. The minimum absolute atomic E-state index is 0.0613. The van der Waals surface area contributed by atoms with Crippen molar-refractivity contribution in [2.75, 3.05) is 19.7 Å². The quantitative estimate of drug-likeness (QED) is 0.830. The maximum atomic E-state index is 12.2. The molecule has 1 unspecified atom stereocenters. The van der Waals surface area contributed by atoms with E-state index < -0.39 is 0 Å². The number of piperidine rings is 1. The number of ether oxygens (including phenoxy) is 2. The van der Waals surface area contributed by atoms with Crippen LogP contribution in [0.3, 0.4) is 0 Å². The first kappa shape index (κ1) is 16.4. The fourth-order valence-electron chi connectivity index (χ4n) is 2.88. The second kappa shape index (κ2) is 7.86. The minimum Gasteiger partial charge on any atom is -0.484 e. The van der Waals surface area contributed by atoms with Crippen LogP contribution in [0.15, 0.2) is 54.6 Å². The van der Waals surface area contributed by atoms with Gasteiger partial charge in [-0.3, -0.25) is 4.79 Å². The van der Waals surface area contributed by atoms with Crippen LogP contribution in [-0.2, 0) is 4.79 Å². The molecule has 2 aromatic rings. The van der Waals surface area contributed by atoms with Crippen molar-refractivity contribution < 1.29 is 14.3 Å². The highest BCUT2D eigenvalue weighted by molar-refractivity contribution is 5.77. The molecule has 1 atom stereocenters. The van der Waals surface area contributed by atoms with E-state index >= 15 is 0 Å². The normalized spacial score (nSPS) is 17.4. The van der Waals surface area contributed by atoms with Crippen molar-refractivity contribution in [1.82, 2.24) is 4.90 Å². The molecule has 0 spiro atoms. The number of hydrogen-bond acceptors (Lipinski definition) is 3. The lowest BCUT2D eigenvalue weighted by atomic mass is 10.0. The van der Waals surface area contributed by atoms with Crippen molar-refractivity contribution in [2.45, 2.75) is 19.8 Å². The summed E-state index contributed by atoms with van der Waals surface area (Å²) in [5.74, 6) is 2.85. The Morgan fingerprint density at radius 2 is 1.71 bits per heavy atom. The Balaban J connectivity index is 1.50. The average molecular weight is 325 g/mol. The Morgan fingerprint density at radius 3 is 2.42 bits per heavy atom. The van der Waals surface area contributed by atoms with Gasteiger partial charge in [-0.25, -0.2) is 0 Å². The van der Waals surface area contributed by atoms with Crippen molar-refractivity contribution >= 4 is 5.91 Å². The number of para-hydroxylation sites is 1. The van der Waals surface area contributed by atoms with E-state index in [9.17, 15) is 4.79 Å². The predicted octanol–water partition coefficient (Wildman–Crippen LogP) is 4.12. The third-order valence-electron chi connectivity index (χ3n) is 4.17. The maximum Gasteiger partial charge on any atom is 0.260 e. The smallest absolute Gasteiger partial charge is 0.260 e. The van der Waals surface area contributed by atoms with Crippen molar-refractivity contribution in [3.05, 3.63) is 54.6 Å². The third-order valence-corrected chi connectivity index (χ3v) is 4.17. The molecule has 1 fully saturated rings. The molecule has 1 aliphatic heterocycles. The van der Waals surface area contributed by atoms with E-state index in [0.717, 1.165) is 31.0 Å². The summed E-state index contributed by atoms with van der Waals surface area (Å²) in [6.07, 6.45) is 2.28. The standard InChI is InChI=1S/C20H23NO3/c1-16-6-5-13-21(14-16)20(22)15-23-17-9-11-19(12-10-17)24-18-7-3-2-4-8-18/h2-4,7-12,16H,5-6,13-15H2,1H3. The molecule has 0 saturated carbocycles. The summed E-state index contributed by atoms with van der Waals surface area (Å²) in [5.41, 5.74) is 0. The van der Waals surface area contributed by atoms with Crippen molar-refractivity contribution in [1.29, 1.82) is 0 Å². The molecule has 2 aromatic carbocycles. The lowest BCUT2D eigenvalue weighted by molar-refractivity contribution is -0.135. The Morgan fingerprint density at radius 1 is 1.04 bits per heavy atom. The van der Waals surface area contributed by atoms with E-state index in [1.54, 1.807) is 0 Å². The number of benzene rings is 2. The summed E-state index contributed by atoms with van der Waals surface area (Å²) in [6.45, 7) is 3.96. The van der Waals surface area contributed by atoms with Crippen LogP contribution < -0.4 is 9.47 Å². The third kappa shape index (κ3) is 4.51. The zero-order valence-corrected chi connectivity index (χ0v) is 14.0. The van der Waals surface area contributed by atoms with E-state index in [-0.39, 0.29) is 12.5 Å². The predicted molar refractivity (Wildman–Crippen MR) is 93.4 cm³/mol. The zero-order valence-electron chi connectivity index (χ0n) is 14.0. The van der Waals surface area contributed by atoms with Crippen LogP contribution in [0.25, 0.3) is 0 Å². The van der Waals surface area contributed by atoms with Gasteiger partial charge in [0.1, 0.15) is 17.2 Å². The lowest BCUT2D eigenvalue weighted by Crippen LogP contribution is -2.41. The molecule has 24 heavy (non-hydrogen) atoms. The number of carbonyl (C=O) groups excluding carboxylic acids is 1. The zero-order chi connectivity index (χ0) is 16.8. The Hall–Kier alpha value is -2.49. The molecule has 0 bridgehead atoms. The van der Waals surface area contributed by atoms with Gasteiger partial charge in [0.25, 0.3) is 5.91 Å². The van der Waals surface area contributed by atoms with E-state index in [4.69, 9.17) is 9.47 Å². The Kier molecular flexibility index (Phi) is 5.36. The first-order valence-electron chi connectivity index (χ1n) is 8.44. The van der Waals surface area contributed by atoms with Crippen LogP contribution in [0.4, 0.5) is 0 Å². The molecule has 0 radical (unpaired) electrons. The highest BCUT2D eigenvalue weighted by Crippen LogP contribution is 2.23. The van der Waals surface area contributed by atoms with E-state index in [2.05, 4.69) is 6.92 Å². The van der Waals surface area contributed by atoms with Crippen molar-refractivity contribution in [3.8, 4) is 17.2 Å². The van der Waals surface area contributed by atoms with Crippen LogP contribution in [0.5, 0.6) is 17.2 Å². The van der Waals surface area contributed by atoms with Crippen LogP contribution in [0, 0.1) is 5.92 Å². The number of likely N-dealkylation sites (tertiary alicyclic amines) is 1. The van der Waals surface area contributed by atoms with E-state index in [1.165, 1.54) is 6.42 Å². The van der Waals surface area contributed by atoms with Crippen LogP contribution in [-0.4, -0.2) is 30.5 Å². The molecule has 4 heteroatoms. The van der Waals surface area contributed by atoms with Crippen molar-refractivity contribution in [2.24, 2.45) is 5.92 Å². The largest absolute Gasteiger partial charge is 0.484 e. The summed E-state index contributed by atoms with van der Waals surface area (Å²) in [5, 5.41) is 0. The monoisotopic (exact) mass is 325 g/mol. The number of hydrogen-bond donors (Lipinski definition) is 0. The maximum absolute atomic E-state index is 12.2. The second-order valence-electron chi connectivity index (χ2n) is 6.26. The fraction of sp³-hybridized carbons (Fsp3) is 0.350. The van der Waals surface area contributed by atoms with Gasteiger partial charge in [0.05, 0.1) is 0 Å². The topological polar surface area (TPSA) is 38.8 Å². The molecule has 0 aromatic heterocycles. The summed E-state index contributed by atoms with van der Waals surface area (Å²) in [4.78, 5) is 14.1. The van der Waals surface area contributed by atoms with Gasteiger partial charge in [-0.15, -0.1) is 0 Å². The molecule has 1 amide bonds. The minimum atomic E-state index is 0.0613. The van der Waals surface area contributed by atoms with Gasteiger partial charge in [-0.1, -0.05) is 25.1 Å². The highest BCUT2D eigenvalue weighted by Gasteiger charge is 2.21. The summed E-state index contributed by atoms with van der Waals surface area (Å²) in [7, 11) is 0. The van der Waals surface area contributed by atoms with Gasteiger partial charge in [-0.2, -0.15) is 0 Å². The van der Waals surface area contributed by atoms with Crippen LogP contribution >= 0.6 is 0 Å². The number of nitrogens with zero attached hydrogens (tertiary/aromatic N) is 1. The van der Waals surface area contributed by atoms with Gasteiger partial charge >= 0.3 is 0 Å². The molecule has 4 nitrogen and oxygen atoms in total. The SMILES string of the molecule is CC1CCCN(C(=O)COc2ccc(Oc3ccccc3)cc2)C1. The average Bonchev–Trinajstić information content (AvgIpc) is 2.62. The van der Waals surface area contributed by atoms with Gasteiger partial charge in [-0.05, 0) is 55.2 Å². The van der Waals surface area contributed by atoms with E-state index in [0.29, 0.717) is 11.7 Å². The molecule has 1 saturated heterocycles. The lowest BCUT2D eigenvalue weighted by Gasteiger charge is -2.30. The Labute approximate surface area is 143 Å². The van der Waals surface area contributed by atoms with Crippen LogP contribution in [0.2, 0.25) is 0 Å². The second-order valence-corrected chi connectivity index (χ2v) is 6.26. The summed E-state index contributed by atoms with van der Waals surface area (Å²) < 4.78 is 11.3. The molecular weight excluding hydrogens is 302 g/mol. The molecule has 1 aliphatic rings.